The second-order valence-electron chi connectivity index (χ2n) is 5.24. The van der Waals surface area contributed by atoms with E-state index >= 15 is 0 Å². The van der Waals surface area contributed by atoms with Crippen LogP contribution in [0.1, 0.15) is 105 Å². The van der Waals surface area contributed by atoms with E-state index in [0.29, 0.717) is 6.04 Å². The predicted molar refractivity (Wildman–Crippen MR) is 108 cm³/mol. The standard InChI is InChI=1S/C6H13N.C6H12.C2H7N.C2H3N.2C2H6/c7-6-4-2-1-3-5-6;1-2-4-6-5-3-1;1-3-2;1-2-3;2*1-2/h6H,1-5,7H2;1-6H2;3H,1-2H3;1H3;2*1-2H3. The first-order valence-electron chi connectivity index (χ1n) is 9.87. The van der Waals surface area contributed by atoms with Crippen LogP contribution in [-0.2, 0) is 0 Å². The lowest BCUT2D eigenvalue weighted by molar-refractivity contribution is 0.441. The first kappa shape index (κ1) is 30.3. The highest BCUT2D eigenvalue weighted by atomic mass is 14.7. The largest absolute Gasteiger partial charge is 0.328 e. The summed E-state index contributed by atoms with van der Waals surface area (Å²) in [6.45, 7) is 9.43. The van der Waals surface area contributed by atoms with E-state index in [-0.39, 0.29) is 0 Å². The summed E-state index contributed by atoms with van der Waals surface area (Å²) in [6, 6.07) is 2.29. The van der Waals surface area contributed by atoms with Crippen LogP contribution in [0, 0.1) is 11.3 Å². The Balaban J connectivity index is -0.000000103. The SMILES string of the molecule is C1CCCCC1.CC.CC.CC#N.CNC.NC1CCCCC1. The highest BCUT2D eigenvalue weighted by molar-refractivity contribution is 4.66. The fourth-order valence-corrected chi connectivity index (χ4v) is 2.19. The Bertz CT molecular complexity index is 166. The molecule has 2 fully saturated rings. The van der Waals surface area contributed by atoms with Gasteiger partial charge in [0, 0.05) is 13.0 Å². The molecule has 0 atom stereocenters. The van der Waals surface area contributed by atoms with Crippen molar-refractivity contribution in [2.75, 3.05) is 14.1 Å². The Morgan fingerprint density at radius 1 is 0.739 bits per heavy atom. The van der Waals surface area contributed by atoms with E-state index in [1.807, 2.05) is 41.8 Å². The van der Waals surface area contributed by atoms with Gasteiger partial charge in [0.25, 0.3) is 0 Å². The minimum absolute atomic E-state index is 0.536. The molecule has 2 aliphatic rings. The van der Waals surface area contributed by atoms with Gasteiger partial charge in [-0.3, -0.25) is 0 Å². The van der Waals surface area contributed by atoms with E-state index in [1.54, 1.807) is 6.07 Å². The van der Waals surface area contributed by atoms with Crippen LogP contribution in [0.3, 0.4) is 0 Å². The third kappa shape index (κ3) is 44.9. The van der Waals surface area contributed by atoms with E-state index in [9.17, 15) is 0 Å². The van der Waals surface area contributed by atoms with Crippen molar-refractivity contribution in [1.29, 1.82) is 5.26 Å². The van der Waals surface area contributed by atoms with Gasteiger partial charge in [-0.2, -0.15) is 5.26 Å². The topological polar surface area (TPSA) is 61.8 Å². The molecule has 0 saturated heterocycles. The average Bonchev–Trinajstić information content (AvgIpc) is 2.63. The Labute approximate surface area is 148 Å². The molecule has 3 N–H and O–H groups in total. The van der Waals surface area contributed by atoms with Crippen LogP contribution in [-0.4, -0.2) is 20.1 Å². The van der Waals surface area contributed by atoms with Crippen LogP contribution in [0.4, 0.5) is 0 Å². The molecule has 0 spiro atoms. The number of nitriles is 1. The van der Waals surface area contributed by atoms with Crippen molar-refractivity contribution in [1.82, 2.24) is 5.32 Å². The van der Waals surface area contributed by atoms with Crippen molar-refractivity contribution in [3.63, 3.8) is 0 Å². The molecule has 2 rings (SSSR count). The minimum atomic E-state index is 0.536. The van der Waals surface area contributed by atoms with Gasteiger partial charge in [-0.05, 0) is 26.9 Å². The van der Waals surface area contributed by atoms with E-state index in [0.717, 1.165) is 0 Å². The molecule has 3 heteroatoms. The summed E-state index contributed by atoms with van der Waals surface area (Å²) < 4.78 is 0. The van der Waals surface area contributed by atoms with Crippen molar-refractivity contribution in [3.8, 4) is 6.07 Å². The third-order valence-electron chi connectivity index (χ3n) is 3.15. The molecule has 0 aliphatic heterocycles. The highest BCUT2D eigenvalue weighted by Gasteiger charge is 2.06. The molecule has 23 heavy (non-hydrogen) atoms. The molecule has 3 nitrogen and oxygen atoms in total. The molecule has 0 heterocycles. The highest BCUT2D eigenvalue weighted by Crippen LogP contribution is 2.15. The molecule has 0 bridgehead atoms. The predicted octanol–water partition coefficient (Wildman–Crippen LogP) is 6.04. The summed E-state index contributed by atoms with van der Waals surface area (Å²) in [5.41, 5.74) is 5.63. The second kappa shape index (κ2) is 37.6. The smallest absolute Gasteiger partial charge is 0.0587 e. The minimum Gasteiger partial charge on any atom is -0.328 e. The number of nitrogens with zero attached hydrogens (tertiary/aromatic N) is 1. The summed E-state index contributed by atoms with van der Waals surface area (Å²) >= 11 is 0. The van der Waals surface area contributed by atoms with Gasteiger partial charge in [-0.1, -0.05) is 85.5 Å². The normalized spacial score (nSPS) is 15.6. The summed E-state index contributed by atoms with van der Waals surface area (Å²) in [6.07, 6.45) is 15.7. The molecule has 0 aromatic carbocycles. The summed E-state index contributed by atoms with van der Waals surface area (Å²) in [4.78, 5) is 0. The Hall–Kier alpha value is -0.590. The number of hydrogen-bond donors (Lipinski definition) is 2. The Morgan fingerprint density at radius 3 is 1.04 bits per heavy atom. The van der Waals surface area contributed by atoms with Crippen LogP contribution in [0.5, 0.6) is 0 Å². The number of hydrogen-bond acceptors (Lipinski definition) is 3. The molecule has 0 amide bonds. The van der Waals surface area contributed by atoms with Crippen molar-refractivity contribution in [2.24, 2.45) is 5.73 Å². The summed E-state index contributed by atoms with van der Waals surface area (Å²) in [5, 5.41) is 10.1. The van der Waals surface area contributed by atoms with Crippen molar-refractivity contribution < 1.29 is 0 Å². The van der Waals surface area contributed by atoms with Crippen molar-refractivity contribution in [2.45, 2.75) is 111 Å². The zero-order valence-electron chi connectivity index (χ0n) is 17.4. The monoisotopic (exact) mass is 329 g/mol. The van der Waals surface area contributed by atoms with Gasteiger partial charge < -0.3 is 11.1 Å². The molecule has 0 unspecified atom stereocenters. The van der Waals surface area contributed by atoms with Gasteiger partial charge in [-0.15, -0.1) is 0 Å². The Kier molecular flexibility index (Phi) is 49.5. The van der Waals surface area contributed by atoms with Crippen LogP contribution >= 0.6 is 0 Å². The molecular formula is C20H47N3. The number of nitrogens with one attached hydrogen (secondary N) is 1. The molecule has 0 aromatic rings. The van der Waals surface area contributed by atoms with E-state index in [2.05, 4.69) is 5.32 Å². The van der Waals surface area contributed by atoms with Crippen LogP contribution in [0.2, 0.25) is 0 Å². The number of nitrogens with two attached hydrogens (primary N) is 1. The van der Waals surface area contributed by atoms with E-state index < -0.39 is 0 Å². The number of rotatable bonds is 0. The first-order chi connectivity index (χ1) is 11.2. The molecule has 0 aromatic heterocycles. The average molecular weight is 330 g/mol. The van der Waals surface area contributed by atoms with Crippen molar-refractivity contribution >= 4 is 0 Å². The van der Waals surface area contributed by atoms with Crippen LogP contribution in [0.15, 0.2) is 0 Å². The van der Waals surface area contributed by atoms with Crippen LogP contribution in [0.25, 0.3) is 0 Å². The molecular weight excluding hydrogens is 282 g/mol. The lowest BCUT2D eigenvalue weighted by Crippen LogP contribution is -2.22. The summed E-state index contributed by atoms with van der Waals surface area (Å²) in [7, 11) is 3.75. The molecule has 142 valence electrons. The quantitative estimate of drug-likeness (QED) is 0.569. The fraction of sp³-hybridized carbons (Fsp3) is 0.950. The lowest BCUT2D eigenvalue weighted by Gasteiger charge is -2.15. The Morgan fingerprint density at radius 2 is 0.913 bits per heavy atom. The van der Waals surface area contributed by atoms with Crippen LogP contribution < -0.4 is 11.1 Å². The van der Waals surface area contributed by atoms with E-state index in [1.165, 1.54) is 77.6 Å². The maximum atomic E-state index is 7.32. The lowest BCUT2D eigenvalue weighted by atomic mass is 9.97. The zero-order valence-corrected chi connectivity index (χ0v) is 17.4. The third-order valence-corrected chi connectivity index (χ3v) is 3.15. The zero-order chi connectivity index (χ0) is 18.8. The van der Waals surface area contributed by atoms with Crippen molar-refractivity contribution in [3.05, 3.63) is 0 Å². The van der Waals surface area contributed by atoms with E-state index in [4.69, 9.17) is 11.0 Å². The first-order valence-corrected chi connectivity index (χ1v) is 9.87. The molecule has 0 radical (unpaired) electrons. The molecule has 2 saturated carbocycles. The second-order valence-corrected chi connectivity index (χ2v) is 5.24. The summed E-state index contributed by atoms with van der Waals surface area (Å²) in [5.74, 6) is 0. The van der Waals surface area contributed by atoms with Gasteiger partial charge in [0.2, 0.25) is 0 Å². The maximum absolute atomic E-state index is 7.32. The fourth-order valence-electron chi connectivity index (χ4n) is 2.19. The molecule has 2 aliphatic carbocycles. The maximum Gasteiger partial charge on any atom is 0.0587 e. The van der Waals surface area contributed by atoms with Gasteiger partial charge in [0.15, 0.2) is 0 Å². The van der Waals surface area contributed by atoms with Gasteiger partial charge in [-0.25, -0.2) is 0 Å². The van der Waals surface area contributed by atoms with Gasteiger partial charge in [0.05, 0.1) is 6.07 Å². The van der Waals surface area contributed by atoms with Gasteiger partial charge in [0.1, 0.15) is 0 Å². The van der Waals surface area contributed by atoms with Gasteiger partial charge >= 0.3 is 0 Å².